The van der Waals surface area contributed by atoms with Gasteiger partial charge in [0.1, 0.15) is 6.33 Å². The van der Waals surface area contributed by atoms with Crippen molar-refractivity contribution < 1.29 is 4.79 Å². The summed E-state index contributed by atoms with van der Waals surface area (Å²) in [5, 5.41) is 2.87. The Balaban J connectivity index is 2.08. The zero-order valence-electron chi connectivity index (χ0n) is 10.00. The quantitative estimate of drug-likeness (QED) is 0.800. The first-order chi connectivity index (χ1) is 8.66. The van der Waals surface area contributed by atoms with Crippen LogP contribution in [-0.4, -0.2) is 15.9 Å². The molecule has 0 bridgehead atoms. The van der Waals surface area contributed by atoms with E-state index in [-0.39, 0.29) is 11.9 Å². The number of carbonyl (C=O) groups is 1. The minimum Gasteiger partial charge on any atom is -0.399 e. The van der Waals surface area contributed by atoms with E-state index < -0.39 is 0 Å². The average molecular weight is 242 g/mol. The van der Waals surface area contributed by atoms with Gasteiger partial charge in [0.2, 0.25) is 0 Å². The molecule has 0 aliphatic carbocycles. The standard InChI is InChI=1S/C13H14N4O/c1-9(10-3-2-4-12(14)5-10)17-13(18)11-6-15-8-16-7-11/h2-9H,14H2,1H3,(H,17,18). The first-order valence-corrected chi connectivity index (χ1v) is 5.58. The van der Waals surface area contributed by atoms with Crippen LogP contribution in [0.4, 0.5) is 5.69 Å². The fourth-order valence-electron chi connectivity index (χ4n) is 1.61. The Morgan fingerprint density at radius 2 is 2.06 bits per heavy atom. The number of aromatic nitrogens is 2. The summed E-state index contributed by atoms with van der Waals surface area (Å²) in [6, 6.07) is 7.30. The van der Waals surface area contributed by atoms with Crippen molar-refractivity contribution in [1.82, 2.24) is 15.3 Å². The van der Waals surface area contributed by atoms with Crippen LogP contribution in [0.3, 0.4) is 0 Å². The summed E-state index contributed by atoms with van der Waals surface area (Å²) in [6.45, 7) is 1.90. The minimum atomic E-state index is -0.203. The zero-order valence-corrected chi connectivity index (χ0v) is 10.00. The van der Waals surface area contributed by atoms with Gasteiger partial charge in [-0.25, -0.2) is 9.97 Å². The van der Waals surface area contributed by atoms with Gasteiger partial charge in [0, 0.05) is 18.1 Å². The molecule has 0 aliphatic rings. The van der Waals surface area contributed by atoms with E-state index in [2.05, 4.69) is 15.3 Å². The van der Waals surface area contributed by atoms with Gasteiger partial charge >= 0.3 is 0 Å². The van der Waals surface area contributed by atoms with E-state index in [0.29, 0.717) is 11.3 Å². The highest BCUT2D eigenvalue weighted by Crippen LogP contribution is 2.15. The van der Waals surface area contributed by atoms with Gasteiger partial charge in [-0.15, -0.1) is 0 Å². The van der Waals surface area contributed by atoms with Crippen LogP contribution in [0, 0.1) is 0 Å². The van der Waals surface area contributed by atoms with E-state index in [9.17, 15) is 4.79 Å². The van der Waals surface area contributed by atoms with Crippen LogP contribution in [0.15, 0.2) is 43.0 Å². The van der Waals surface area contributed by atoms with Gasteiger partial charge in [-0.05, 0) is 24.6 Å². The van der Waals surface area contributed by atoms with Gasteiger partial charge in [0.05, 0.1) is 11.6 Å². The molecule has 1 atom stereocenters. The van der Waals surface area contributed by atoms with Crippen LogP contribution in [0.1, 0.15) is 28.9 Å². The minimum absolute atomic E-state index is 0.124. The lowest BCUT2D eigenvalue weighted by atomic mass is 10.1. The molecule has 2 rings (SSSR count). The van der Waals surface area contributed by atoms with E-state index >= 15 is 0 Å². The molecule has 0 aliphatic heterocycles. The number of hydrogen-bond acceptors (Lipinski definition) is 4. The third-order valence-electron chi connectivity index (χ3n) is 2.58. The second-order valence-electron chi connectivity index (χ2n) is 3.99. The lowest BCUT2D eigenvalue weighted by molar-refractivity contribution is 0.0939. The average Bonchev–Trinajstić information content (AvgIpc) is 2.39. The number of nitrogens with zero attached hydrogens (tertiary/aromatic N) is 2. The Hall–Kier alpha value is -2.43. The van der Waals surface area contributed by atoms with Crippen molar-refractivity contribution in [2.75, 3.05) is 5.73 Å². The van der Waals surface area contributed by atoms with Crippen molar-refractivity contribution in [2.45, 2.75) is 13.0 Å². The van der Waals surface area contributed by atoms with Crippen LogP contribution in [-0.2, 0) is 0 Å². The number of amides is 1. The molecule has 0 spiro atoms. The highest BCUT2D eigenvalue weighted by Gasteiger charge is 2.11. The summed E-state index contributed by atoms with van der Waals surface area (Å²) < 4.78 is 0. The molecule has 1 heterocycles. The maximum Gasteiger partial charge on any atom is 0.254 e. The summed E-state index contributed by atoms with van der Waals surface area (Å²) in [7, 11) is 0. The zero-order chi connectivity index (χ0) is 13.0. The summed E-state index contributed by atoms with van der Waals surface area (Å²) in [5.74, 6) is -0.203. The van der Waals surface area contributed by atoms with Crippen molar-refractivity contribution in [3.63, 3.8) is 0 Å². The van der Waals surface area contributed by atoms with Crippen LogP contribution >= 0.6 is 0 Å². The number of benzene rings is 1. The number of nitrogen functional groups attached to an aromatic ring is 1. The van der Waals surface area contributed by atoms with Crippen LogP contribution in [0.2, 0.25) is 0 Å². The summed E-state index contributed by atoms with van der Waals surface area (Å²) in [5.41, 5.74) is 7.78. The second kappa shape index (κ2) is 5.27. The van der Waals surface area contributed by atoms with Gasteiger partial charge in [-0.2, -0.15) is 0 Å². The first-order valence-electron chi connectivity index (χ1n) is 5.58. The molecule has 5 nitrogen and oxygen atoms in total. The van der Waals surface area contributed by atoms with Crippen LogP contribution < -0.4 is 11.1 Å². The fourth-order valence-corrected chi connectivity index (χ4v) is 1.61. The normalized spacial score (nSPS) is 11.8. The highest BCUT2D eigenvalue weighted by atomic mass is 16.1. The van der Waals surface area contributed by atoms with Crippen molar-refractivity contribution >= 4 is 11.6 Å². The van der Waals surface area contributed by atoms with Crippen molar-refractivity contribution in [3.8, 4) is 0 Å². The molecular weight excluding hydrogens is 228 g/mol. The molecule has 3 N–H and O–H groups in total. The van der Waals surface area contributed by atoms with Gasteiger partial charge in [0.15, 0.2) is 0 Å². The van der Waals surface area contributed by atoms with Gasteiger partial charge in [-0.3, -0.25) is 4.79 Å². The molecule has 5 heteroatoms. The maximum atomic E-state index is 11.9. The monoisotopic (exact) mass is 242 g/mol. The summed E-state index contributed by atoms with van der Waals surface area (Å²) >= 11 is 0. The molecule has 2 aromatic rings. The topological polar surface area (TPSA) is 80.9 Å². The van der Waals surface area contributed by atoms with Crippen molar-refractivity contribution in [1.29, 1.82) is 0 Å². The molecule has 0 fully saturated rings. The number of hydrogen-bond donors (Lipinski definition) is 2. The largest absolute Gasteiger partial charge is 0.399 e. The molecule has 18 heavy (non-hydrogen) atoms. The number of carbonyl (C=O) groups excluding carboxylic acids is 1. The first kappa shape index (κ1) is 12.0. The molecular formula is C13H14N4O. The highest BCUT2D eigenvalue weighted by molar-refractivity contribution is 5.93. The molecule has 1 aromatic heterocycles. The predicted octanol–water partition coefficient (Wildman–Crippen LogP) is 1.55. The molecule has 0 radical (unpaired) electrons. The Morgan fingerprint density at radius 1 is 1.33 bits per heavy atom. The predicted molar refractivity (Wildman–Crippen MR) is 68.8 cm³/mol. The Bertz CT molecular complexity index is 542. The van der Waals surface area contributed by atoms with Gasteiger partial charge in [-0.1, -0.05) is 12.1 Å². The third-order valence-corrected chi connectivity index (χ3v) is 2.58. The second-order valence-corrected chi connectivity index (χ2v) is 3.99. The van der Waals surface area contributed by atoms with E-state index in [4.69, 9.17) is 5.73 Å². The molecule has 1 amide bonds. The number of anilines is 1. The van der Waals surface area contributed by atoms with E-state index in [0.717, 1.165) is 5.56 Å². The molecule has 0 saturated heterocycles. The number of rotatable bonds is 3. The lowest BCUT2D eigenvalue weighted by Crippen LogP contribution is -2.26. The Morgan fingerprint density at radius 3 is 2.72 bits per heavy atom. The van der Waals surface area contributed by atoms with E-state index in [1.54, 1.807) is 0 Å². The van der Waals surface area contributed by atoms with E-state index in [1.165, 1.54) is 18.7 Å². The third kappa shape index (κ3) is 2.82. The Labute approximate surface area is 105 Å². The molecule has 1 unspecified atom stereocenters. The van der Waals surface area contributed by atoms with Gasteiger partial charge < -0.3 is 11.1 Å². The molecule has 1 aromatic carbocycles. The van der Waals surface area contributed by atoms with Crippen LogP contribution in [0.5, 0.6) is 0 Å². The smallest absolute Gasteiger partial charge is 0.254 e. The van der Waals surface area contributed by atoms with Crippen molar-refractivity contribution in [2.24, 2.45) is 0 Å². The molecule has 0 saturated carbocycles. The van der Waals surface area contributed by atoms with E-state index in [1.807, 2.05) is 31.2 Å². The molecule has 92 valence electrons. The SMILES string of the molecule is CC(NC(=O)c1cncnc1)c1cccc(N)c1. The van der Waals surface area contributed by atoms with Crippen LogP contribution in [0.25, 0.3) is 0 Å². The summed E-state index contributed by atoms with van der Waals surface area (Å²) in [6.07, 6.45) is 4.35. The maximum absolute atomic E-state index is 11.9. The fraction of sp³-hybridized carbons (Fsp3) is 0.154. The number of nitrogens with two attached hydrogens (primary N) is 1. The lowest BCUT2D eigenvalue weighted by Gasteiger charge is -2.14. The number of nitrogens with one attached hydrogen (secondary N) is 1. The summed E-state index contributed by atoms with van der Waals surface area (Å²) in [4.78, 5) is 19.5. The Kier molecular flexibility index (Phi) is 3.52. The van der Waals surface area contributed by atoms with Crippen molar-refractivity contribution in [3.05, 3.63) is 54.1 Å². The van der Waals surface area contributed by atoms with Gasteiger partial charge in [0.25, 0.3) is 5.91 Å².